The van der Waals surface area contributed by atoms with E-state index >= 15 is 0 Å². The average molecular weight is 423 g/mol. The quantitative estimate of drug-likeness (QED) is 0.540. The van der Waals surface area contributed by atoms with E-state index in [1.165, 1.54) is 0 Å². The normalized spacial score (nSPS) is 37.6. The minimum Gasteiger partial charge on any atom is -0.207 e. The molecule has 2 aliphatic rings. The molecule has 1 unspecified atom stereocenters. The van der Waals surface area contributed by atoms with Crippen LogP contribution in [0.5, 0.6) is 0 Å². The van der Waals surface area contributed by atoms with E-state index in [4.69, 9.17) is 0 Å². The number of alkyl halides is 2. The van der Waals surface area contributed by atoms with Crippen LogP contribution in [-0.2, 0) is 10.0 Å². The SMILES string of the molecule is O=S(=O)(c1ccccc1)N1[C@@H]2CC[C@@H](Br)[C@@H](Br)CC[C@H]21. The van der Waals surface area contributed by atoms with Crippen molar-refractivity contribution in [2.24, 2.45) is 0 Å². The largest absolute Gasteiger partial charge is 0.243 e. The molecule has 1 aromatic carbocycles. The first-order valence-electron chi connectivity index (χ1n) is 6.88. The van der Waals surface area contributed by atoms with Crippen molar-refractivity contribution in [1.29, 1.82) is 0 Å². The third kappa shape index (κ3) is 2.72. The fourth-order valence-corrected chi connectivity index (χ4v) is 5.99. The molecule has 1 aliphatic carbocycles. The maximum absolute atomic E-state index is 12.7. The maximum Gasteiger partial charge on any atom is 0.243 e. The van der Waals surface area contributed by atoms with Gasteiger partial charge in [-0.1, -0.05) is 50.1 Å². The molecule has 0 radical (unpaired) electrons. The molecule has 3 rings (SSSR count). The number of nitrogens with zero attached hydrogens (tertiary/aromatic N) is 1. The van der Waals surface area contributed by atoms with Crippen molar-refractivity contribution in [3.63, 3.8) is 0 Å². The highest BCUT2D eigenvalue weighted by atomic mass is 79.9. The Balaban J connectivity index is 1.80. The summed E-state index contributed by atoms with van der Waals surface area (Å²) in [6.07, 6.45) is 3.90. The first-order valence-corrected chi connectivity index (χ1v) is 10.2. The molecule has 110 valence electrons. The highest BCUT2D eigenvalue weighted by molar-refractivity contribution is 9.12. The lowest BCUT2D eigenvalue weighted by atomic mass is 10.0. The van der Waals surface area contributed by atoms with Gasteiger partial charge in [0.2, 0.25) is 10.0 Å². The van der Waals surface area contributed by atoms with E-state index in [2.05, 4.69) is 31.9 Å². The van der Waals surface area contributed by atoms with E-state index in [0.717, 1.165) is 25.7 Å². The third-order valence-corrected chi connectivity index (χ3v) is 9.06. The smallest absolute Gasteiger partial charge is 0.207 e. The van der Waals surface area contributed by atoms with Gasteiger partial charge in [-0.25, -0.2) is 8.42 Å². The van der Waals surface area contributed by atoms with Crippen molar-refractivity contribution >= 4 is 41.9 Å². The van der Waals surface area contributed by atoms with Crippen LogP contribution in [0, 0.1) is 0 Å². The van der Waals surface area contributed by atoms with E-state index in [1.807, 2.05) is 6.07 Å². The predicted molar refractivity (Wildman–Crippen MR) is 86.9 cm³/mol. The Morgan fingerprint density at radius 3 is 1.90 bits per heavy atom. The Morgan fingerprint density at radius 1 is 0.900 bits per heavy atom. The summed E-state index contributed by atoms with van der Waals surface area (Å²) in [4.78, 5) is 1.29. The molecule has 0 spiro atoms. The number of hydrogen-bond donors (Lipinski definition) is 0. The minimum absolute atomic E-state index is 0.195. The van der Waals surface area contributed by atoms with Crippen molar-refractivity contribution in [1.82, 2.24) is 4.31 Å². The molecule has 0 amide bonds. The van der Waals surface area contributed by atoms with E-state index in [9.17, 15) is 8.42 Å². The molecule has 1 aliphatic heterocycles. The number of hydrogen-bond acceptors (Lipinski definition) is 2. The molecule has 1 heterocycles. The molecule has 5 atom stereocenters. The van der Waals surface area contributed by atoms with Crippen LogP contribution in [0.1, 0.15) is 25.7 Å². The lowest BCUT2D eigenvalue weighted by Crippen LogP contribution is -2.18. The summed E-state index contributed by atoms with van der Waals surface area (Å²) in [5.74, 6) is 0. The molecule has 6 heteroatoms. The summed E-state index contributed by atoms with van der Waals surface area (Å²) in [6.45, 7) is 0. The molecule has 1 saturated heterocycles. The molecule has 1 saturated carbocycles. The topological polar surface area (TPSA) is 37.1 Å². The molecular weight excluding hydrogens is 406 g/mol. The number of sulfonamides is 1. The zero-order chi connectivity index (χ0) is 14.3. The highest BCUT2D eigenvalue weighted by Crippen LogP contribution is 2.44. The first-order chi connectivity index (χ1) is 9.51. The van der Waals surface area contributed by atoms with Gasteiger partial charge < -0.3 is 0 Å². The van der Waals surface area contributed by atoms with Crippen LogP contribution in [-0.4, -0.2) is 34.5 Å². The molecular formula is C14H17Br2NO2S. The standard InChI is InChI=1S/C14H17Br2NO2S/c15-11-6-8-13-14(9-7-12(11)16)17(13)20(18,19)10-4-2-1-3-5-10/h1-5,11-14H,6-9H2/t11-,12+,13-,14-,17?/m1/s1. The van der Waals surface area contributed by atoms with Gasteiger partial charge in [-0.15, -0.1) is 0 Å². The molecule has 0 bridgehead atoms. The van der Waals surface area contributed by atoms with Gasteiger partial charge in [0.1, 0.15) is 0 Å². The lowest BCUT2D eigenvalue weighted by molar-refractivity contribution is 0.538. The van der Waals surface area contributed by atoms with Crippen molar-refractivity contribution in [2.75, 3.05) is 0 Å². The van der Waals surface area contributed by atoms with Gasteiger partial charge >= 0.3 is 0 Å². The molecule has 1 aromatic rings. The minimum atomic E-state index is -3.31. The molecule has 0 aromatic heterocycles. The zero-order valence-electron chi connectivity index (χ0n) is 11.0. The second-order valence-corrected chi connectivity index (χ2v) is 9.66. The summed E-state index contributed by atoms with van der Waals surface area (Å²) < 4.78 is 27.0. The summed E-state index contributed by atoms with van der Waals surface area (Å²) in [6, 6.07) is 9.16. The average Bonchev–Trinajstić information content (AvgIpc) is 3.15. The first kappa shape index (κ1) is 15.0. The fraction of sp³-hybridized carbons (Fsp3) is 0.571. The Labute approximate surface area is 137 Å². The van der Waals surface area contributed by atoms with Crippen molar-refractivity contribution in [3.05, 3.63) is 30.3 Å². The fourth-order valence-electron chi connectivity index (χ4n) is 3.04. The van der Waals surface area contributed by atoms with Crippen LogP contribution in [0.25, 0.3) is 0 Å². The number of benzene rings is 1. The second kappa shape index (κ2) is 5.71. The van der Waals surface area contributed by atoms with Crippen LogP contribution < -0.4 is 0 Å². The lowest BCUT2D eigenvalue weighted by Gasteiger charge is -2.17. The van der Waals surface area contributed by atoms with Crippen molar-refractivity contribution < 1.29 is 8.42 Å². The Hall–Kier alpha value is 0.0900. The molecule has 20 heavy (non-hydrogen) atoms. The summed E-state index contributed by atoms with van der Waals surface area (Å²) >= 11 is 7.37. The zero-order valence-corrected chi connectivity index (χ0v) is 14.9. The summed E-state index contributed by atoms with van der Waals surface area (Å²) in [5.41, 5.74) is 0. The van der Waals surface area contributed by atoms with E-state index < -0.39 is 10.0 Å². The van der Waals surface area contributed by atoms with E-state index in [-0.39, 0.29) is 12.1 Å². The monoisotopic (exact) mass is 421 g/mol. The van der Waals surface area contributed by atoms with Gasteiger partial charge in [-0.2, -0.15) is 4.31 Å². The van der Waals surface area contributed by atoms with Crippen molar-refractivity contribution in [3.8, 4) is 0 Å². The van der Waals surface area contributed by atoms with Gasteiger partial charge in [0.05, 0.1) is 4.90 Å². The van der Waals surface area contributed by atoms with Gasteiger partial charge in [0.25, 0.3) is 0 Å². The molecule has 2 fully saturated rings. The second-order valence-electron chi connectivity index (χ2n) is 5.47. The third-order valence-electron chi connectivity index (χ3n) is 4.20. The number of halogens is 2. The Bertz CT molecular complexity index is 560. The van der Waals surface area contributed by atoms with Crippen LogP contribution in [0.4, 0.5) is 0 Å². The predicted octanol–water partition coefficient (Wildman–Crippen LogP) is 3.53. The van der Waals surface area contributed by atoms with Gasteiger partial charge in [0, 0.05) is 21.7 Å². The van der Waals surface area contributed by atoms with Crippen LogP contribution >= 0.6 is 31.9 Å². The molecule has 3 nitrogen and oxygen atoms in total. The summed E-state index contributed by atoms with van der Waals surface area (Å²) in [5, 5.41) is 0. The van der Waals surface area contributed by atoms with Gasteiger partial charge in [-0.05, 0) is 37.8 Å². The van der Waals surface area contributed by atoms with Crippen LogP contribution in [0.3, 0.4) is 0 Å². The summed E-state index contributed by atoms with van der Waals surface area (Å²) in [7, 11) is -3.31. The van der Waals surface area contributed by atoms with E-state index in [1.54, 1.807) is 28.6 Å². The van der Waals surface area contributed by atoms with E-state index in [0.29, 0.717) is 14.5 Å². The Morgan fingerprint density at radius 2 is 1.40 bits per heavy atom. The van der Waals surface area contributed by atoms with Crippen molar-refractivity contribution in [2.45, 2.75) is 52.3 Å². The molecule has 0 N–H and O–H groups in total. The van der Waals surface area contributed by atoms with Crippen LogP contribution in [0.15, 0.2) is 35.2 Å². The highest BCUT2D eigenvalue weighted by Gasteiger charge is 2.55. The van der Waals surface area contributed by atoms with Gasteiger partial charge in [0.15, 0.2) is 0 Å². The Kier molecular flexibility index (Phi) is 4.28. The number of fused-ring (bicyclic) bond motifs is 1. The van der Waals surface area contributed by atoms with Crippen LogP contribution in [0.2, 0.25) is 0 Å². The maximum atomic E-state index is 12.7. The van der Waals surface area contributed by atoms with Gasteiger partial charge in [-0.3, -0.25) is 0 Å². The number of rotatable bonds is 2.